The van der Waals surface area contributed by atoms with Crippen molar-refractivity contribution in [2.75, 3.05) is 35.8 Å². The molecular formula is C20H26ClN3O4S2. The van der Waals surface area contributed by atoms with E-state index in [1.54, 1.807) is 38.1 Å². The summed E-state index contributed by atoms with van der Waals surface area (Å²) < 4.78 is 55.8. The molecule has 1 N–H and O–H groups in total. The lowest BCUT2D eigenvalue weighted by atomic mass is 10.2. The molecule has 2 aromatic carbocycles. The van der Waals surface area contributed by atoms with Crippen LogP contribution in [0, 0.1) is 0 Å². The first kappa shape index (κ1) is 22.9. The predicted octanol–water partition coefficient (Wildman–Crippen LogP) is 3.77. The summed E-state index contributed by atoms with van der Waals surface area (Å²) in [6.45, 7) is 5.76. The fraction of sp³-hybridized carbons (Fsp3) is 0.400. The molecule has 0 aromatic heterocycles. The highest BCUT2D eigenvalue weighted by atomic mass is 35.5. The van der Waals surface area contributed by atoms with E-state index < -0.39 is 20.0 Å². The number of sulfonamides is 2. The third-order valence-corrected chi connectivity index (χ3v) is 8.75. The average molecular weight is 472 g/mol. The van der Waals surface area contributed by atoms with Crippen LogP contribution in [-0.4, -0.2) is 47.3 Å². The summed E-state index contributed by atoms with van der Waals surface area (Å²) >= 11 is 5.96. The highest BCUT2D eigenvalue weighted by Crippen LogP contribution is 2.34. The number of nitrogens with one attached hydrogen (secondary N) is 1. The SMILES string of the molecule is CCN(CC)S(=O)(=O)c1ccc(N2CCCC2)c(NS(=O)(=O)c2cccc(Cl)c2)c1. The molecule has 10 heteroatoms. The Hall–Kier alpha value is -1.81. The second-order valence-electron chi connectivity index (χ2n) is 7.03. The van der Waals surface area contributed by atoms with Crippen molar-refractivity contribution in [1.29, 1.82) is 0 Å². The van der Waals surface area contributed by atoms with Crippen molar-refractivity contribution >= 4 is 43.0 Å². The summed E-state index contributed by atoms with van der Waals surface area (Å²) in [7, 11) is -7.68. The van der Waals surface area contributed by atoms with Gasteiger partial charge in [-0.25, -0.2) is 16.8 Å². The van der Waals surface area contributed by atoms with Crippen LogP contribution in [0.25, 0.3) is 0 Å². The predicted molar refractivity (Wildman–Crippen MR) is 120 cm³/mol. The lowest BCUT2D eigenvalue weighted by Gasteiger charge is -2.24. The van der Waals surface area contributed by atoms with E-state index in [9.17, 15) is 16.8 Å². The van der Waals surface area contributed by atoms with Crippen molar-refractivity contribution in [1.82, 2.24) is 4.31 Å². The Morgan fingerprint density at radius 2 is 1.63 bits per heavy atom. The molecule has 0 spiro atoms. The molecule has 1 heterocycles. The number of anilines is 2. The van der Waals surface area contributed by atoms with Gasteiger partial charge in [-0.2, -0.15) is 4.31 Å². The molecule has 0 amide bonds. The van der Waals surface area contributed by atoms with Gasteiger partial charge in [-0.3, -0.25) is 4.72 Å². The van der Waals surface area contributed by atoms with Crippen LogP contribution in [0.1, 0.15) is 26.7 Å². The van der Waals surface area contributed by atoms with E-state index in [0.717, 1.165) is 25.9 Å². The topological polar surface area (TPSA) is 86.8 Å². The lowest BCUT2D eigenvalue weighted by Crippen LogP contribution is -2.31. The number of nitrogens with zero attached hydrogens (tertiary/aromatic N) is 2. The van der Waals surface area contributed by atoms with Crippen LogP contribution in [0.15, 0.2) is 52.3 Å². The Labute approximate surface area is 183 Å². The Bertz CT molecular complexity index is 1110. The molecule has 1 aliphatic heterocycles. The Morgan fingerprint density at radius 3 is 2.23 bits per heavy atom. The van der Waals surface area contributed by atoms with Crippen molar-refractivity contribution in [3.05, 3.63) is 47.5 Å². The molecule has 0 radical (unpaired) electrons. The van der Waals surface area contributed by atoms with Gasteiger partial charge in [0.05, 0.1) is 21.2 Å². The first-order valence-electron chi connectivity index (χ1n) is 9.86. The van der Waals surface area contributed by atoms with Crippen LogP contribution in [-0.2, 0) is 20.0 Å². The van der Waals surface area contributed by atoms with Crippen LogP contribution in [0.2, 0.25) is 5.02 Å². The molecule has 0 saturated carbocycles. The van der Waals surface area contributed by atoms with E-state index in [1.165, 1.54) is 22.5 Å². The minimum atomic E-state index is -3.95. The van der Waals surface area contributed by atoms with Gasteiger partial charge in [0.2, 0.25) is 10.0 Å². The number of hydrogen-bond acceptors (Lipinski definition) is 5. The fourth-order valence-corrected chi connectivity index (χ4v) is 6.39. The normalized spacial score (nSPS) is 15.0. The van der Waals surface area contributed by atoms with Crippen molar-refractivity contribution in [3.8, 4) is 0 Å². The summed E-state index contributed by atoms with van der Waals surface area (Å²) in [6.07, 6.45) is 2.00. The molecule has 164 valence electrons. The van der Waals surface area contributed by atoms with Gasteiger partial charge in [-0.15, -0.1) is 0 Å². The summed E-state index contributed by atoms with van der Waals surface area (Å²) in [5, 5.41) is 0.301. The van der Waals surface area contributed by atoms with Gasteiger partial charge in [0.15, 0.2) is 0 Å². The zero-order chi connectivity index (χ0) is 21.9. The molecule has 1 saturated heterocycles. The second kappa shape index (κ2) is 9.13. The van der Waals surface area contributed by atoms with Gasteiger partial charge >= 0.3 is 0 Å². The average Bonchev–Trinajstić information content (AvgIpc) is 3.23. The van der Waals surface area contributed by atoms with Gasteiger partial charge in [-0.05, 0) is 49.2 Å². The summed E-state index contributed by atoms with van der Waals surface area (Å²) in [5.74, 6) is 0. The molecule has 0 atom stereocenters. The Kier molecular flexibility index (Phi) is 6.96. The Morgan fingerprint density at radius 1 is 0.967 bits per heavy atom. The molecule has 7 nitrogen and oxygen atoms in total. The van der Waals surface area contributed by atoms with Crippen LogP contribution in [0.3, 0.4) is 0 Å². The Balaban J connectivity index is 2.08. The number of halogens is 1. The van der Waals surface area contributed by atoms with Crippen molar-refractivity contribution in [2.45, 2.75) is 36.5 Å². The molecule has 0 bridgehead atoms. The summed E-state index contributed by atoms with van der Waals surface area (Å²) in [5.41, 5.74) is 0.904. The minimum Gasteiger partial charge on any atom is -0.370 e. The molecule has 30 heavy (non-hydrogen) atoms. The van der Waals surface area contributed by atoms with Crippen molar-refractivity contribution in [2.24, 2.45) is 0 Å². The third-order valence-electron chi connectivity index (χ3n) is 5.11. The van der Waals surface area contributed by atoms with E-state index in [0.29, 0.717) is 23.8 Å². The molecule has 2 aromatic rings. The maximum Gasteiger partial charge on any atom is 0.262 e. The summed E-state index contributed by atoms with van der Waals surface area (Å²) in [6, 6.07) is 10.6. The van der Waals surface area contributed by atoms with Gasteiger partial charge in [-0.1, -0.05) is 31.5 Å². The van der Waals surface area contributed by atoms with E-state index in [2.05, 4.69) is 9.62 Å². The third kappa shape index (κ3) is 4.74. The largest absolute Gasteiger partial charge is 0.370 e. The molecule has 0 unspecified atom stereocenters. The number of rotatable bonds is 8. The van der Waals surface area contributed by atoms with Gasteiger partial charge in [0.1, 0.15) is 0 Å². The van der Waals surface area contributed by atoms with E-state index >= 15 is 0 Å². The number of hydrogen-bond donors (Lipinski definition) is 1. The van der Waals surface area contributed by atoms with E-state index in [-0.39, 0.29) is 15.5 Å². The highest BCUT2D eigenvalue weighted by Gasteiger charge is 2.26. The van der Waals surface area contributed by atoms with Crippen LogP contribution < -0.4 is 9.62 Å². The quantitative estimate of drug-likeness (QED) is 0.633. The molecular weight excluding hydrogens is 446 g/mol. The molecule has 3 rings (SSSR count). The maximum atomic E-state index is 13.0. The monoisotopic (exact) mass is 471 g/mol. The van der Waals surface area contributed by atoms with Crippen LogP contribution in [0.4, 0.5) is 11.4 Å². The lowest BCUT2D eigenvalue weighted by molar-refractivity contribution is 0.445. The number of benzene rings is 2. The van der Waals surface area contributed by atoms with Gasteiger partial charge < -0.3 is 4.90 Å². The first-order chi connectivity index (χ1) is 14.2. The molecule has 1 aliphatic rings. The van der Waals surface area contributed by atoms with E-state index in [4.69, 9.17) is 11.6 Å². The standard InChI is InChI=1S/C20H26ClN3O4S2/c1-3-24(4-2)30(27,28)18-10-11-20(23-12-5-6-13-23)19(15-18)22-29(25,26)17-9-7-8-16(21)14-17/h7-11,14-15,22H,3-6,12-13H2,1-2H3. The molecule has 0 aliphatic carbocycles. The maximum absolute atomic E-state index is 13.0. The fourth-order valence-electron chi connectivity index (χ4n) is 3.54. The van der Waals surface area contributed by atoms with Gasteiger partial charge in [0.25, 0.3) is 10.0 Å². The van der Waals surface area contributed by atoms with Crippen molar-refractivity contribution in [3.63, 3.8) is 0 Å². The minimum absolute atomic E-state index is 0.0133. The second-order valence-corrected chi connectivity index (χ2v) is 11.1. The van der Waals surface area contributed by atoms with Crippen LogP contribution >= 0.6 is 11.6 Å². The zero-order valence-electron chi connectivity index (χ0n) is 17.0. The smallest absolute Gasteiger partial charge is 0.262 e. The van der Waals surface area contributed by atoms with Crippen LogP contribution in [0.5, 0.6) is 0 Å². The zero-order valence-corrected chi connectivity index (χ0v) is 19.4. The molecule has 1 fully saturated rings. The summed E-state index contributed by atoms with van der Waals surface area (Å²) in [4.78, 5) is 2.13. The van der Waals surface area contributed by atoms with E-state index in [1.807, 2.05) is 0 Å². The first-order valence-corrected chi connectivity index (χ1v) is 13.2. The highest BCUT2D eigenvalue weighted by molar-refractivity contribution is 7.92. The van der Waals surface area contributed by atoms with Gasteiger partial charge in [0, 0.05) is 31.2 Å². The van der Waals surface area contributed by atoms with Crippen molar-refractivity contribution < 1.29 is 16.8 Å².